The third-order valence-electron chi connectivity index (χ3n) is 3.08. The lowest BCUT2D eigenvalue weighted by Gasteiger charge is -2.05. The summed E-state index contributed by atoms with van der Waals surface area (Å²) in [6.45, 7) is 1.98. The minimum absolute atomic E-state index is 0.0461. The number of carbonyl (C=O) groups excluding carboxylic acids is 1. The molecule has 0 aliphatic heterocycles. The SMILES string of the molecule is Cc1ccc(C(=O)C[C@H](O)/C=C/c2ccccc2)cc1. The van der Waals surface area contributed by atoms with Gasteiger partial charge in [-0.25, -0.2) is 0 Å². The largest absolute Gasteiger partial charge is 0.389 e. The van der Waals surface area contributed by atoms with Gasteiger partial charge in [0, 0.05) is 12.0 Å². The number of Topliss-reactive ketones (excluding diaryl/α,β-unsaturated/α-hetero) is 1. The van der Waals surface area contributed by atoms with Crippen molar-refractivity contribution in [1.82, 2.24) is 0 Å². The maximum absolute atomic E-state index is 12.0. The predicted molar refractivity (Wildman–Crippen MR) is 81.6 cm³/mol. The second kappa shape index (κ2) is 6.83. The molecule has 1 N–H and O–H groups in total. The average molecular weight is 266 g/mol. The molecule has 0 aliphatic rings. The third kappa shape index (κ3) is 4.18. The average Bonchev–Trinajstić information content (AvgIpc) is 2.47. The van der Waals surface area contributed by atoms with E-state index in [0.29, 0.717) is 5.56 Å². The third-order valence-corrected chi connectivity index (χ3v) is 3.08. The molecule has 102 valence electrons. The van der Waals surface area contributed by atoms with Gasteiger partial charge in [0.1, 0.15) is 0 Å². The first-order valence-electron chi connectivity index (χ1n) is 6.66. The summed E-state index contributed by atoms with van der Waals surface area (Å²) in [5, 5.41) is 9.89. The van der Waals surface area contributed by atoms with E-state index < -0.39 is 6.10 Å². The Morgan fingerprint density at radius 1 is 1.10 bits per heavy atom. The number of carbonyl (C=O) groups is 1. The summed E-state index contributed by atoms with van der Waals surface area (Å²) in [6, 6.07) is 17.1. The summed E-state index contributed by atoms with van der Waals surface area (Å²) >= 11 is 0. The van der Waals surface area contributed by atoms with Gasteiger partial charge in [-0.1, -0.05) is 72.3 Å². The van der Waals surface area contributed by atoms with Crippen LogP contribution in [0.2, 0.25) is 0 Å². The van der Waals surface area contributed by atoms with Crippen LogP contribution in [0.25, 0.3) is 6.08 Å². The Kier molecular flexibility index (Phi) is 4.85. The molecule has 0 saturated heterocycles. The van der Waals surface area contributed by atoms with Crippen LogP contribution < -0.4 is 0 Å². The zero-order valence-electron chi connectivity index (χ0n) is 11.5. The normalized spacial score (nSPS) is 12.5. The second-order valence-corrected chi connectivity index (χ2v) is 4.83. The van der Waals surface area contributed by atoms with Crippen LogP contribution in [0.3, 0.4) is 0 Å². The lowest BCUT2D eigenvalue weighted by Crippen LogP contribution is -2.10. The molecule has 2 aromatic carbocycles. The highest BCUT2D eigenvalue weighted by molar-refractivity contribution is 5.96. The van der Waals surface area contributed by atoms with Gasteiger partial charge in [0.2, 0.25) is 0 Å². The smallest absolute Gasteiger partial charge is 0.165 e. The van der Waals surface area contributed by atoms with Crippen LogP contribution >= 0.6 is 0 Å². The zero-order valence-corrected chi connectivity index (χ0v) is 11.5. The van der Waals surface area contributed by atoms with E-state index >= 15 is 0 Å². The highest BCUT2D eigenvalue weighted by Gasteiger charge is 2.10. The monoisotopic (exact) mass is 266 g/mol. The van der Waals surface area contributed by atoms with Crippen molar-refractivity contribution in [3.05, 3.63) is 77.4 Å². The van der Waals surface area contributed by atoms with Crippen molar-refractivity contribution in [3.8, 4) is 0 Å². The molecule has 2 nitrogen and oxygen atoms in total. The van der Waals surface area contributed by atoms with E-state index in [1.165, 1.54) is 0 Å². The van der Waals surface area contributed by atoms with Gasteiger partial charge in [0.25, 0.3) is 0 Å². The fraction of sp³-hybridized carbons (Fsp3) is 0.167. The van der Waals surface area contributed by atoms with Gasteiger partial charge in [-0.3, -0.25) is 4.79 Å². The number of rotatable bonds is 5. The van der Waals surface area contributed by atoms with Crippen molar-refractivity contribution < 1.29 is 9.90 Å². The number of aliphatic hydroxyl groups is 1. The highest BCUT2D eigenvalue weighted by Crippen LogP contribution is 2.10. The van der Waals surface area contributed by atoms with Gasteiger partial charge < -0.3 is 5.11 Å². The molecule has 0 aliphatic carbocycles. The molecule has 20 heavy (non-hydrogen) atoms. The summed E-state index contributed by atoms with van der Waals surface area (Å²) in [4.78, 5) is 12.0. The van der Waals surface area contributed by atoms with E-state index in [9.17, 15) is 9.90 Å². The molecule has 0 unspecified atom stereocenters. The van der Waals surface area contributed by atoms with Crippen molar-refractivity contribution in [2.24, 2.45) is 0 Å². The fourth-order valence-corrected chi connectivity index (χ4v) is 1.90. The topological polar surface area (TPSA) is 37.3 Å². The van der Waals surface area contributed by atoms with E-state index in [2.05, 4.69) is 0 Å². The van der Waals surface area contributed by atoms with Crippen molar-refractivity contribution >= 4 is 11.9 Å². The molecule has 0 fully saturated rings. The molecule has 2 aromatic rings. The fourth-order valence-electron chi connectivity index (χ4n) is 1.90. The van der Waals surface area contributed by atoms with Gasteiger partial charge in [0.05, 0.1) is 6.10 Å². The minimum atomic E-state index is -0.760. The molecular weight excluding hydrogens is 248 g/mol. The summed E-state index contributed by atoms with van der Waals surface area (Å²) in [6.07, 6.45) is 2.82. The quantitative estimate of drug-likeness (QED) is 0.839. The first-order valence-corrected chi connectivity index (χ1v) is 6.66. The predicted octanol–water partition coefficient (Wildman–Crippen LogP) is 3.64. The first kappa shape index (κ1) is 14.2. The van der Waals surface area contributed by atoms with Crippen molar-refractivity contribution in [3.63, 3.8) is 0 Å². The zero-order chi connectivity index (χ0) is 14.4. The van der Waals surface area contributed by atoms with Gasteiger partial charge in [-0.2, -0.15) is 0 Å². The van der Waals surface area contributed by atoms with E-state index in [0.717, 1.165) is 11.1 Å². The van der Waals surface area contributed by atoms with Crippen LogP contribution in [0.15, 0.2) is 60.7 Å². The molecule has 1 atom stereocenters. The Morgan fingerprint density at radius 2 is 1.75 bits per heavy atom. The molecule has 2 heteroatoms. The Labute approximate surface area is 119 Å². The van der Waals surface area contributed by atoms with E-state index in [-0.39, 0.29) is 12.2 Å². The number of hydrogen-bond donors (Lipinski definition) is 1. The lowest BCUT2D eigenvalue weighted by molar-refractivity contribution is 0.0923. The lowest BCUT2D eigenvalue weighted by atomic mass is 10.0. The Bertz CT molecular complexity index is 583. The summed E-state index contributed by atoms with van der Waals surface area (Å²) in [5.74, 6) is -0.0461. The number of aryl methyl sites for hydroxylation is 1. The van der Waals surface area contributed by atoms with Crippen LogP contribution in [0.1, 0.15) is 27.9 Å². The molecule has 0 bridgehead atoms. The number of benzene rings is 2. The first-order chi connectivity index (χ1) is 9.65. The van der Waals surface area contributed by atoms with Gasteiger partial charge in [-0.05, 0) is 12.5 Å². The Balaban J connectivity index is 1.94. The van der Waals surface area contributed by atoms with Crippen LogP contribution in [0.4, 0.5) is 0 Å². The standard InChI is InChI=1S/C18H18O2/c1-14-7-10-16(11-8-14)18(20)13-17(19)12-9-15-5-3-2-4-6-15/h2-12,17,19H,13H2,1H3/b12-9+/t17-/m1/s1. The Hall–Kier alpha value is -2.19. The van der Waals surface area contributed by atoms with Crippen LogP contribution in [0, 0.1) is 6.92 Å². The van der Waals surface area contributed by atoms with Crippen LogP contribution in [-0.4, -0.2) is 17.0 Å². The van der Waals surface area contributed by atoms with Gasteiger partial charge >= 0.3 is 0 Å². The molecule has 0 radical (unpaired) electrons. The molecular formula is C18H18O2. The molecule has 0 saturated carbocycles. The molecule has 0 spiro atoms. The van der Waals surface area contributed by atoms with E-state index in [4.69, 9.17) is 0 Å². The van der Waals surface area contributed by atoms with Crippen molar-refractivity contribution in [2.75, 3.05) is 0 Å². The van der Waals surface area contributed by atoms with E-state index in [1.807, 2.05) is 55.5 Å². The van der Waals surface area contributed by atoms with Crippen LogP contribution in [-0.2, 0) is 0 Å². The second-order valence-electron chi connectivity index (χ2n) is 4.83. The van der Waals surface area contributed by atoms with Crippen molar-refractivity contribution in [1.29, 1.82) is 0 Å². The minimum Gasteiger partial charge on any atom is -0.389 e. The number of ketones is 1. The molecule has 0 heterocycles. The molecule has 0 aromatic heterocycles. The summed E-state index contributed by atoms with van der Waals surface area (Å²) < 4.78 is 0. The Morgan fingerprint density at radius 3 is 2.40 bits per heavy atom. The summed E-state index contributed by atoms with van der Waals surface area (Å²) in [5.41, 5.74) is 2.77. The summed E-state index contributed by atoms with van der Waals surface area (Å²) in [7, 11) is 0. The van der Waals surface area contributed by atoms with Gasteiger partial charge in [-0.15, -0.1) is 0 Å². The maximum atomic E-state index is 12.0. The molecule has 0 amide bonds. The van der Waals surface area contributed by atoms with Crippen LogP contribution in [0.5, 0.6) is 0 Å². The number of aliphatic hydroxyl groups excluding tert-OH is 1. The van der Waals surface area contributed by atoms with Crippen molar-refractivity contribution in [2.45, 2.75) is 19.4 Å². The van der Waals surface area contributed by atoms with E-state index in [1.54, 1.807) is 18.2 Å². The van der Waals surface area contributed by atoms with Gasteiger partial charge in [0.15, 0.2) is 5.78 Å². The maximum Gasteiger partial charge on any atom is 0.165 e. The highest BCUT2D eigenvalue weighted by atomic mass is 16.3. The molecule has 2 rings (SSSR count). The number of hydrogen-bond acceptors (Lipinski definition) is 2.